The molecule has 1 heterocycles. The Morgan fingerprint density at radius 1 is 1.05 bits per heavy atom. The van der Waals surface area contributed by atoms with E-state index in [1.807, 2.05) is 24.3 Å². The van der Waals surface area contributed by atoms with Crippen molar-refractivity contribution < 1.29 is 4.79 Å². The summed E-state index contributed by atoms with van der Waals surface area (Å²) in [5.74, 6) is 0.537. The highest BCUT2D eigenvalue weighted by molar-refractivity contribution is 5.98. The minimum atomic E-state index is 0.0821. The summed E-state index contributed by atoms with van der Waals surface area (Å²) in [5, 5.41) is 3.18. The number of rotatable bonds is 2. The fraction of sp³-hybridized carbons (Fsp3) is 0.278. The van der Waals surface area contributed by atoms with Crippen molar-refractivity contribution in [3.05, 3.63) is 71.3 Å². The van der Waals surface area contributed by atoms with Crippen LogP contribution in [0.2, 0.25) is 0 Å². The number of hydrogen-bond acceptors (Lipinski definition) is 1. The lowest BCUT2D eigenvalue weighted by Gasteiger charge is -2.14. The summed E-state index contributed by atoms with van der Waals surface area (Å²) >= 11 is 0. The number of benzene rings is 2. The molecule has 1 aliphatic heterocycles. The van der Waals surface area contributed by atoms with Crippen molar-refractivity contribution in [1.29, 1.82) is 0 Å². The van der Waals surface area contributed by atoms with Gasteiger partial charge in [-0.15, -0.1) is 0 Å². The lowest BCUT2D eigenvalue weighted by Crippen LogP contribution is -2.32. The lowest BCUT2D eigenvalue weighted by atomic mass is 9.92. The molecule has 2 aliphatic rings. The van der Waals surface area contributed by atoms with E-state index in [2.05, 4.69) is 42.6 Å². The van der Waals surface area contributed by atoms with Gasteiger partial charge in [0.25, 0.3) is 5.91 Å². The predicted molar refractivity (Wildman–Crippen MR) is 78.7 cm³/mol. The minimum Gasteiger partial charge on any atom is -0.348 e. The molecule has 1 N–H and O–H groups in total. The van der Waals surface area contributed by atoms with Crippen molar-refractivity contribution in [2.24, 2.45) is 5.41 Å². The maximum atomic E-state index is 12.2. The predicted octanol–water partition coefficient (Wildman–Crippen LogP) is 3.14. The molecule has 0 spiro atoms. The zero-order valence-corrected chi connectivity index (χ0v) is 11.5. The van der Waals surface area contributed by atoms with Gasteiger partial charge in [-0.3, -0.25) is 4.79 Å². The highest BCUT2D eigenvalue weighted by Crippen LogP contribution is 2.62. The van der Waals surface area contributed by atoms with Gasteiger partial charge in [-0.05, 0) is 23.6 Å². The number of hydrogen-bond donors (Lipinski definition) is 1. The summed E-state index contributed by atoms with van der Waals surface area (Å²) in [6, 6.07) is 18.9. The molecule has 2 aromatic carbocycles. The Balaban J connectivity index is 1.70. The second-order valence-electron chi connectivity index (χ2n) is 6.18. The number of carbonyl (C=O) groups excluding carboxylic acids is 1. The van der Waals surface area contributed by atoms with E-state index in [4.69, 9.17) is 0 Å². The molecule has 0 unspecified atom stereocenters. The van der Waals surface area contributed by atoms with Crippen LogP contribution < -0.4 is 5.32 Å². The first-order chi connectivity index (χ1) is 9.70. The summed E-state index contributed by atoms with van der Waals surface area (Å²) in [7, 11) is 0. The van der Waals surface area contributed by atoms with Crippen LogP contribution in [-0.2, 0) is 6.42 Å². The van der Waals surface area contributed by atoms with E-state index >= 15 is 0 Å². The van der Waals surface area contributed by atoms with E-state index in [0.29, 0.717) is 5.92 Å². The Bertz CT molecular complexity index is 679. The average molecular weight is 263 g/mol. The summed E-state index contributed by atoms with van der Waals surface area (Å²) in [5.41, 5.74) is 3.56. The molecule has 3 atom stereocenters. The Morgan fingerprint density at radius 2 is 1.75 bits per heavy atom. The Kier molecular flexibility index (Phi) is 2.31. The largest absolute Gasteiger partial charge is 0.348 e. The Morgan fingerprint density at radius 3 is 2.55 bits per heavy atom. The quantitative estimate of drug-likeness (QED) is 0.886. The van der Waals surface area contributed by atoms with Crippen LogP contribution in [0.25, 0.3) is 0 Å². The molecule has 0 bridgehead atoms. The van der Waals surface area contributed by atoms with E-state index in [-0.39, 0.29) is 17.4 Å². The molecular formula is C18H17NO. The summed E-state index contributed by atoms with van der Waals surface area (Å²) < 4.78 is 0. The lowest BCUT2D eigenvalue weighted by molar-refractivity contribution is 0.0940. The standard InChI is InChI=1S/C18H17NO/c1-18(11-12-7-3-2-4-8-12)15-13-9-5-6-10-14(13)17(20)19-16(15)18/h2-10,15-16H,11H2,1H3,(H,19,20)/t15-,16+,18+/m0/s1. The molecule has 20 heavy (non-hydrogen) atoms. The number of amides is 1. The highest BCUT2D eigenvalue weighted by Gasteiger charge is 2.64. The minimum absolute atomic E-state index is 0.0821. The second-order valence-corrected chi connectivity index (χ2v) is 6.18. The van der Waals surface area contributed by atoms with E-state index < -0.39 is 0 Å². The maximum Gasteiger partial charge on any atom is 0.251 e. The third-order valence-electron chi connectivity index (χ3n) is 4.90. The second kappa shape index (κ2) is 3.95. The van der Waals surface area contributed by atoms with E-state index in [1.54, 1.807) is 0 Å². The molecule has 2 heteroatoms. The van der Waals surface area contributed by atoms with Crippen LogP contribution in [0.4, 0.5) is 0 Å². The molecular weight excluding hydrogens is 246 g/mol. The third-order valence-corrected chi connectivity index (χ3v) is 4.90. The van der Waals surface area contributed by atoms with Crippen molar-refractivity contribution in [2.75, 3.05) is 0 Å². The normalized spacial score (nSPS) is 30.1. The Hall–Kier alpha value is -2.09. The maximum absolute atomic E-state index is 12.2. The monoisotopic (exact) mass is 263 g/mol. The molecule has 2 aromatic rings. The molecule has 100 valence electrons. The van der Waals surface area contributed by atoms with Gasteiger partial charge in [0.1, 0.15) is 0 Å². The van der Waals surface area contributed by atoms with Crippen LogP contribution in [-0.4, -0.2) is 11.9 Å². The van der Waals surface area contributed by atoms with Crippen LogP contribution >= 0.6 is 0 Å². The molecule has 0 saturated heterocycles. The summed E-state index contributed by atoms with van der Waals surface area (Å²) in [4.78, 5) is 12.2. The zero-order valence-electron chi connectivity index (χ0n) is 11.5. The SMILES string of the molecule is C[C@]1(Cc2ccccc2)[C@@H]2NC(=O)c3ccccc3[C@@H]21. The first kappa shape index (κ1) is 11.7. The van der Waals surface area contributed by atoms with Gasteiger partial charge >= 0.3 is 0 Å². The number of fused-ring (bicyclic) bond motifs is 3. The molecule has 0 aromatic heterocycles. The third kappa shape index (κ3) is 1.54. The van der Waals surface area contributed by atoms with Crippen LogP contribution in [0.15, 0.2) is 54.6 Å². The van der Waals surface area contributed by atoms with Crippen LogP contribution in [0.1, 0.15) is 34.3 Å². The molecule has 1 fully saturated rings. The molecule has 0 radical (unpaired) electrons. The van der Waals surface area contributed by atoms with Crippen LogP contribution in [0.5, 0.6) is 0 Å². The van der Waals surface area contributed by atoms with Gasteiger partial charge in [0, 0.05) is 22.9 Å². The fourth-order valence-corrected chi connectivity index (χ4v) is 3.80. The molecule has 1 amide bonds. The van der Waals surface area contributed by atoms with Crippen LogP contribution in [0, 0.1) is 5.41 Å². The van der Waals surface area contributed by atoms with Gasteiger partial charge in [0.15, 0.2) is 0 Å². The van der Waals surface area contributed by atoms with E-state index in [0.717, 1.165) is 12.0 Å². The molecule has 1 aliphatic carbocycles. The molecule has 2 nitrogen and oxygen atoms in total. The van der Waals surface area contributed by atoms with Crippen molar-refractivity contribution >= 4 is 5.91 Å². The molecule has 1 saturated carbocycles. The van der Waals surface area contributed by atoms with Crippen molar-refractivity contribution in [2.45, 2.75) is 25.3 Å². The first-order valence-corrected chi connectivity index (χ1v) is 7.14. The summed E-state index contributed by atoms with van der Waals surface area (Å²) in [6.45, 7) is 2.29. The van der Waals surface area contributed by atoms with Gasteiger partial charge in [-0.2, -0.15) is 0 Å². The van der Waals surface area contributed by atoms with E-state index in [1.165, 1.54) is 11.1 Å². The fourth-order valence-electron chi connectivity index (χ4n) is 3.80. The first-order valence-electron chi connectivity index (χ1n) is 7.14. The van der Waals surface area contributed by atoms with Gasteiger partial charge < -0.3 is 5.32 Å². The van der Waals surface area contributed by atoms with E-state index in [9.17, 15) is 4.79 Å². The van der Waals surface area contributed by atoms with Gasteiger partial charge in [-0.25, -0.2) is 0 Å². The van der Waals surface area contributed by atoms with Gasteiger partial charge in [0.05, 0.1) is 0 Å². The van der Waals surface area contributed by atoms with Crippen LogP contribution in [0.3, 0.4) is 0 Å². The Labute approximate surface area is 118 Å². The highest BCUT2D eigenvalue weighted by atomic mass is 16.1. The van der Waals surface area contributed by atoms with Crippen molar-refractivity contribution in [1.82, 2.24) is 5.32 Å². The van der Waals surface area contributed by atoms with Crippen molar-refractivity contribution in [3.63, 3.8) is 0 Å². The average Bonchev–Trinajstić information content (AvgIpc) is 3.04. The topological polar surface area (TPSA) is 29.1 Å². The summed E-state index contributed by atoms with van der Waals surface area (Å²) in [6.07, 6.45) is 1.01. The molecule has 4 rings (SSSR count). The van der Waals surface area contributed by atoms with Gasteiger partial charge in [0.2, 0.25) is 0 Å². The number of nitrogens with one attached hydrogen (secondary N) is 1. The number of carbonyl (C=O) groups is 1. The zero-order chi connectivity index (χ0) is 13.7. The van der Waals surface area contributed by atoms with Crippen molar-refractivity contribution in [3.8, 4) is 0 Å². The smallest absolute Gasteiger partial charge is 0.251 e. The van der Waals surface area contributed by atoms with Gasteiger partial charge in [-0.1, -0.05) is 55.5 Å².